The van der Waals surface area contributed by atoms with Crippen molar-refractivity contribution in [3.8, 4) is 5.19 Å². The summed E-state index contributed by atoms with van der Waals surface area (Å²) in [5.41, 5.74) is 0. The van der Waals surface area contributed by atoms with E-state index in [1.165, 1.54) is 7.11 Å². The van der Waals surface area contributed by atoms with Gasteiger partial charge in [-0.25, -0.2) is 0 Å². The molecular weight excluding hydrogens is 175 g/mol. The minimum absolute atomic E-state index is 0. The number of hydrogen-bond acceptors (Lipinski definition) is 6. The van der Waals surface area contributed by atoms with Gasteiger partial charge in [-0.2, -0.15) is 0 Å². The molecule has 0 amide bonds. The zero-order valence-electron chi connectivity index (χ0n) is 6.73. The van der Waals surface area contributed by atoms with Crippen molar-refractivity contribution in [2.75, 3.05) is 7.11 Å². The molecule has 0 atom stereocenters. The summed E-state index contributed by atoms with van der Waals surface area (Å²) in [5, 5.41) is 17.9. The maximum atomic E-state index is 10.1. The molecule has 0 saturated carbocycles. The second-order valence-electron chi connectivity index (χ2n) is 1.71. The van der Waals surface area contributed by atoms with Gasteiger partial charge in [-0.05, 0) is 0 Å². The first-order chi connectivity index (χ1) is 5.22. The maximum absolute atomic E-state index is 10.1. The number of carboxylic acid groups (broad SMARTS) is 1. The van der Waals surface area contributed by atoms with E-state index in [4.69, 9.17) is 4.74 Å². The van der Waals surface area contributed by atoms with Gasteiger partial charge in [-0.3, -0.25) is 0 Å². The summed E-state index contributed by atoms with van der Waals surface area (Å²) >= 11 is 1.10. The normalized spacial score (nSPS) is 8.75. The average Bonchev–Trinajstić information content (AvgIpc) is 2.34. The third-order valence-corrected chi connectivity index (χ3v) is 1.80. The molecule has 0 aliphatic carbocycles. The van der Waals surface area contributed by atoms with Crippen molar-refractivity contribution < 1.29 is 33.5 Å². The zero-order chi connectivity index (χ0) is 8.27. The van der Waals surface area contributed by atoms with Gasteiger partial charge in [0.05, 0.1) is 7.11 Å². The van der Waals surface area contributed by atoms with Crippen LogP contribution >= 0.6 is 11.3 Å². The molecule has 0 aliphatic heterocycles. The van der Waals surface area contributed by atoms with Crippen LogP contribution in [0.2, 0.25) is 0 Å². The van der Waals surface area contributed by atoms with Gasteiger partial charge in [0.25, 0.3) is 5.19 Å². The van der Waals surface area contributed by atoms with Crippen molar-refractivity contribution in [1.82, 2.24) is 10.2 Å². The number of hydrogen-bond donors (Lipinski definition) is 0. The summed E-state index contributed by atoms with van der Waals surface area (Å²) in [4.78, 5) is 10.1. The number of methoxy groups -OCH3 is 1. The van der Waals surface area contributed by atoms with Crippen LogP contribution in [0.5, 0.6) is 5.19 Å². The van der Waals surface area contributed by atoms with E-state index in [1.807, 2.05) is 0 Å². The van der Waals surface area contributed by atoms with Gasteiger partial charge in [-0.1, -0.05) is 11.3 Å². The molecule has 1 heterocycles. The van der Waals surface area contributed by atoms with Crippen LogP contribution in [-0.2, 0) is 11.2 Å². The first-order valence-electron chi connectivity index (χ1n) is 2.78. The van der Waals surface area contributed by atoms with Crippen molar-refractivity contribution in [3.05, 3.63) is 5.01 Å². The molecule has 0 spiro atoms. The molecule has 0 aromatic carbocycles. The summed E-state index contributed by atoms with van der Waals surface area (Å²) in [6, 6.07) is 0. The van der Waals surface area contributed by atoms with Crippen LogP contribution in [0, 0.1) is 0 Å². The van der Waals surface area contributed by atoms with Gasteiger partial charge < -0.3 is 14.6 Å². The standard InChI is InChI=1S/C5H6N2O3S.Li/c1-10-5-7-6-3(11-5)2-4(8)9;/h2H2,1H3,(H,8,9);/q;+1/p-1. The number of carbonyl (C=O) groups excluding carboxylic acids is 1. The van der Waals surface area contributed by atoms with E-state index in [9.17, 15) is 9.90 Å². The largest absolute Gasteiger partial charge is 1.00 e. The summed E-state index contributed by atoms with van der Waals surface area (Å²) in [5.74, 6) is -1.16. The molecule has 0 saturated heterocycles. The fourth-order valence-corrected chi connectivity index (χ4v) is 1.15. The Morgan fingerprint density at radius 1 is 1.67 bits per heavy atom. The third kappa shape index (κ3) is 3.22. The van der Waals surface area contributed by atoms with Crippen LogP contribution in [-0.4, -0.2) is 23.3 Å². The first kappa shape index (κ1) is 11.4. The van der Waals surface area contributed by atoms with Crippen molar-refractivity contribution in [2.45, 2.75) is 6.42 Å². The van der Waals surface area contributed by atoms with Gasteiger partial charge in [-0.15, -0.1) is 10.2 Å². The number of nitrogens with zero attached hydrogens (tertiary/aromatic N) is 2. The van der Waals surface area contributed by atoms with Crippen LogP contribution in [0.3, 0.4) is 0 Å². The van der Waals surface area contributed by atoms with E-state index >= 15 is 0 Å². The Morgan fingerprint density at radius 3 is 2.75 bits per heavy atom. The number of ether oxygens (including phenoxy) is 1. The molecule has 0 bridgehead atoms. The Hall–Kier alpha value is -0.573. The van der Waals surface area contributed by atoms with E-state index in [-0.39, 0.29) is 25.3 Å². The van der Waals surface area contributed by atoms with Gasteiger partial charge >= 0.3 is 18.9 Å². The van der Waals surface area contributed by atoms with E-state index in [1.54, 1.807) is 0 Å². The van der Waals surface area contributed by atoms with Crippen molar-refractivity contribution >= 4 is 17.3 Å². The second-order valence-corrected chi connectivity index (χ2v) is 2.74. The van der Waals surface area contributed by atoms with E-state index in [2.05, 4.69) is 10.2 Å². The summed E-state index contributed by atoms with van der Waals surface area (Å²) in [6.45, 7) is 0. The van der Waals surface area contributed by atoms with Gasteiger partial charge in [0, 0.05) is 12.4 Å². The van der Waals surface area contributed by atoms with Crippen LogP contribution in [0.15, 0.2) is 0 Å². The number of carboxylic acids is 1. The fraction of sp³-hybridized carbons (Fsp3) is 0.400. The molecular formula is C5H5LiN2O3S. The number of rotatable bonds is 3. The second kappa shape index (κ2) is 5.14. The molecule has 60 valence electrons. The molecule has 7 heteroatoms. The quantitative estimate of drug-likeness (QED) is 0.441. The van der Waals surface area contributed by atoms with Crippen LogP contribution < -0.4 is 28.7 Å². The summed E-state index contributed by atoms with van der Waals surface area (Å²) in [7, 11) is 1.45. The van der Waals surface area contributed by atoms with E-state index < -0.39 is 5.97 Å². The van der Waals surface area contributed by atoms with Crippen molar-refractivity contribution in [2.24, 2.45) is 0 Å². The predicted octanol–water partition coefficient (Wildman–Crippen LogP) is -4.16. The molecule has 0 N–H and O–H groups in total. The van der Waals surface area contributed by atoms with Crippen LogP contribution in [0.25, 0.3) is 0 Å². The van der Waals surface area contributed by atoms with Crippen LogP contribution in [0.4, 0.5) is 0 Å². The Morgan fingerprint density at radius 2 is 2.33 bits per heavy atom. The zero-order valence-corrected chi connectivity index (χ0v) is 7.55. The van der Waals surface area contributed by atoms with Crippen LogP contribution in [0.1, 0.15) is 5.01 Å². The predicted molar refractivity (Wildman–Crippen MR) is 35.2 cm³/mol. The molecule has 5 nitrogen and oxygen atoms in total. The average molecular weight is 180 g/mol. The molecule has 0 unspecified atom stereocenters. The van der Waals surface area contributed by atoms with Crippen molar-refractivity contribution in [3.63, 3.8) is 0 Å². The number of carbonyl (C=O) groups is 1. The third-order valence-electron chi connectivity index (χ3n) is 0.918. The Bertz CT molecular complexity index is 265. The summed E-state index contributed by atoms with van der Waals surface area (Å²) in [6.07, 6.45) is -0.207. The molecule has 0 radical (unpaired) electrons. The number of aromatic nitrogens is 2. The van der Waals surface area contributed by atoms with Gasteiger partial charge in [0.1, 0.15) is 5.01 Å². The topological polar surface area (TPSA) is 75.1 Å². The Labute approximate surface area is 84.9 Å². The van der Waals surface area contributed by atoms with Gasteiger partial charge in [0.15, 0.2) is 0 Å². The fourth-order valence-electron chi connectivity index (χ4n) is 0.516. The Balaban J connectivity index is 0.00000121. The smallest absolute Gasteiger partial charge is 0.550 e. The summed E-state index contributed by atoms with van der Waals surface area (Å²) < 4.78 is 4.71. The van der Waals surface area contributed by atoms with Crippen molar-refractivity contribution in [1.29, 1.82) is 0 Å². The van der Waals surface area contributed by atoms with E-state index in [0.717, 1.165) is 11.3 Å². The SMILES string of the molecule is COc1nnc(CC(=O)[O-])s1.[Li+]. The minimum atomic E-state index is -1.16. The molecule has 1 aromatic heterocycles. The molecule has 0 fully saturated rings. The Kier molecular flexibility index (Phi) is 4.89. The molecule has 12 heavy (non-hydrogen) atoms. The van der Waals surface area contributed by atoms with Gasteiger partial charge in [0.2, 0.25) is 0 Å². The number of aliphatic carboxylic acids is 1. The maximum Gasteiger partial charge on any atom is 1.00 e. The monoisotopic (exact) mass is 180 g/mol. The molecule has 0 aliphatic rings. The molecule has 1 aromatic rings. The van der Waals surface area contributed by atoms with E-state index in [0.29, 0.717) is 10.2 Å². The molecule has 1 rings (SSSR count). The minimum Gasteiger partial charge on any atom is -0.550 e. The first-order valence-corrected chi connectivity index (χ1v) is 3.60.